The zero-order valence-electron chi connectivity index (χ0n) is 9.03. The maximum atomic E-state index is 12.1. The van der Waals surface area contributed by atoms with Gasteiger partial charge in [0.1, 0.15) is 6.10 Å². The topological polar surface area (TPSA) is 26.3 Å². The molecule has 0 aromatic heterocycles. The number of esters is 1. The van der Waals surface area contributed by atoms with Crippen LogP contribution < -0.4 is 0 Å². The fraction of sp³-hybridized carbons (Fsp3) is 0.364. The Morgan fingerprint density at radius 3 is 2.41 bits per heavy atom. The van der Waals surface area contributed by atoms with Crippen molar-refractivity contribution in [3.05, 3.63) is 35.9 Å². The van der Waals surface area contributed by atoms with Crippen molar-refractivity contribution in [2.24, 2.45) is 0 Å². The first-order valence-electron chi connectivity index (χ1n) is 4.81. The van der Waals surface area contributed by atoms with Gasteiger partial charge in [-0.3, -0.25) is 4.79 Å². The summed E-state index contributed by atoms with van der Waals surface area (Å²) in [6.45, 7) is 1.17. The van der Waals surface area contributed by atoms with E-state index in [2.05, 4.69) is 0 Å². The van der Waals surface area contributed by atoms with Crippen molar-refractivity contribution < 1.29 is 22.7 Å². The predicted octanol–water partition coefficient (Wildman–Crippen LogP) is 3.54. The predicted molar refractivity (Wildman–Crippen MR) is 59.5 cm³/mol. The van der Waals surface area contributed by atoms with Crippen molar-refractivity contribution in [3.8, 4) is 0 Å². The highest BCUT2D eigenvalue weighted by molar-refractivity contribution is 8.00. The van der Waals surface area contributed by atoms with E-state index in [1.165, 1.54) is 6.92 Å². The molecule has 1 unspecified atom stereocenters. The molecule has 0 radical (unpaired) electrons. The molecule has 17 heavy (non-hydrogen) atoms. The molecule has 1 atom stereocenters. The third-order valence-electron chi connectivity index (χ3n) is 1.88. The van der Waals surface area contributed by atoms with Crippen LogP contribution in [0.1, 0.15) is 18.6 Å². The molecular formula is C11H11F3O2S. The zero-order chi connectivity index (χ0) is 12.9. The summed E-state index contributed by atoms with van der Waals surface area (Å²) in [6.07, 6.45) is -0.875. The van der Waals surface area contributed by atoms with Crippen molar-refractivity contribution in [1.29, 1.82) is 0 Å². The van der Waals surface area contributed by atoms with Crippen LogP contribution >= 0.6 is 11.8 Å². The van der Waals surface area contributed by atoms with Gasteiger partial charge in [0.05, 0.1) is 0 Å². The number of hydrogen-bond donors (Lipinski definition) is 0. The highest BCUT2D eigenvalue weighted by atomic mass is 32.2. The van der Waals surface area contributed by atoms with Gasteiger partial charge in [-0.2, -0.15) is 13.2 Å². The van der Waals surface area contributed by atoms with Crippen LogP contribution in [0.25, 0.3) is 0 Å². The zero-order valence-corrected chi connectivity index (χ0v) is 9.85. The molecule has 0 N–H and O–H groups in total. The van der Waals surface area contributed by atoms with Crippen LogP contribution in [0.2, 0.25) is 0 Å². The molecule has 0 aliphatic carbocycles. The number of halogens is 3. The lowest BCUT2D eigenvalue weighted by Crippen LogP contribution is -2.14. The number of thioether (sulfide) groups is 1. The molecule has 0 heterocycles. The van der Waals surface area contributed by atoms with Crippen molar-refractivity contribution >= 4 is 17.7 Å². The Kier molecular flexibility index (Phi) is 4.86. The van der Waals surface area contributed by atoms with E-state index in [9.17, 15) is 18.0 Å². The summed E-state index contributed by atoms with van der Waals surface area (Å²) in [4.78, 5) is 10.8. The lowest BCUT2D eigenvalue weighted by Gasteiger charge is -2.17. The Balaban J connectivity index is 2.71. The molecule has 1 aromatic carbocycles. The first-order chi connectivity index (χ1) is 7.88. The third kappa shape index (κ3) is 5.63. The number of benzene rings is 1. The number of carbonyl (C=O) groups is 1. The standard InChI is InChI=1S/C11H11F3O2S/c1-8(15)16-10(7-17-11(12,13)14)9-5-3-2-4-6-9/h2-6,10H,7H2,1H3. The monoisotopic (exact) mass is 264 g/mol. The van der Waals surface area contributed by atoms with Crippen LogP contribution in [0, 0.1) is 0 Å². The minimum absolute atomic E-state index is 0.199. The van der Waals surface area contributed by atoms with Crippen molar-refractivity contribution in [2.45, 2.75) is 18.5 Å². The molecule has 1 rings (SSSR count). The Morgan fingerprint density at radius 1 is 1.35 bits per heavy atom. The van der Waals surface area contributed by atoms with Gasteiger partial charge in [-0.15, -0.1) is 0 Å². The van der Waals surface area contributed by atoms with Gasteiger partial charge in [-0.05, 0) is 17.3 Å². The Bertz CT molecular complexity index is 365. The molecule has 0 saturated carbocycles. The molecule has 94 valence electrons. The summed E-state index contributed by atoms with van der Waals surface area (Å²) in [7, 11) is 0. The van der Waals surface area contributed by atoms with Gasteiger partial charge in [-0.1, -0.05) is 30.3 Å². The second-order valence-electron chi connectivity index (χ2n) is 3.27. The minimum atomic E-state index is -4.33. The smallest absolute Gasteiger partial charge is 0.441 e. The SMILES string of the molecule is CC(=O)OC(CSC(F)(F)F)c1ccccc1. The highest BCUT2D eigenvalue weighted by Crippen LogP contribution is 2.34. The van der Waals surface area contributed by atoms with Gasteiger partial charge in [0, 0.05) is 12.7 Å². The van der Waals surface area contributed by atoms with Crippen LogP contribution in [0.15, 0.2) is 30.3 Å². The molecule has 0 aliphatic heterocycles. The maximum Gasteiger partial charge on any atom is 0.441 e. The van der Waals surface area contributed by atoms with Crippen molar-refractivity contribution in [2.75, 3.05) is 5.75 Å². The molecule has 0 bridgehead atoms. The van der Waals surface area contributed by atoms with Crippen LogP contribution in [0.3, 0.4) is 0 Å². The summed E-state index contributed by atoms with van der Waals surface area (Å²) in [6, 6.07) is 8.37. The van der Waals surface area contributed by atoms with E-state index in [1.807, 2.05) is 0 Å². The van der Waals surface area contributed by atoms with Gasteiger partial charge in [0.15, 0.2) is 0 Å². The summed E-state index contributed by atoms with van der Waals surface area (Å²) in [5, 5.41) is 0. The largest absolute Gasteiger partial charge is 0.457 e. The number of carbonyl (C=O) groups excluding carboxylic acids is 1. The van der Waals surface area contributed by atoms with Gasteiger partial charge < -0.3 is 4.74 Å². The minimum Gasteiger partial charge on any atom is -0.457 e. The molecule has 0 saturated heterocycles. The molecule has 6 heteroatoms. The summed E-state index contributed by atoms with van der Waals surface area (Å²) >= 11 is -0.199. The van der Waals surface area contributed by atoms with Crippen LogP contribution in [-0.2, 0) is 9.53 Å². The van der Waals surface area contributed by atoms with E-state index in [0.29, 0.717) is 5.56 Å². The Labute approximate surface area is 101 Å². The second kappa shape index (κ2) is 5.95. The number of rotatable bonds is 4. The van der Waals surface area contributed by atoms with Gasteiger partial charge in [0.2, 0.25) is 0 Å². The number of ether oxygens (including phenoxy) is 1. The normalized spacial score (nSPS) is 13.2. The van der Waals surface area contributed by atoms with E-state index in [4.69, 9.17) is 4.74 Å². The summed E-state index contributed by atoms with van der Waals surface area (Å²) in [5.41, 5.74) is -3.77. The molecule has 0 aliphatic rings. The average Bonchev–Trinajstić information content (AvgIpc) is 2.24. The first-order valence-corrected chi connectivity index (χ1v) is 5.80. The quantitative estimate of drug-likeness (QED) is 0.778. The Hall–Kier alpha value is -1.17. The van der Waals surface area contributed by atoms with Crippen molar-refractivity contribution in [1.82, 2.24) is 0 Å². The summed E-state index contributed by atoms with van der Waals surface area (Å²) < 4.78 is 41.1. The van der Waals surface area contributed by atoms with Gasteiger partial charge >= 0.3 is 11.5 Å². The van der Waals surface area contributed by atoms with Crippen LogP contribution in [0.4, 0.5) is 13.2 Å². The molecule has 0 fully saturated rings. The molecule has 0 spiro atoms. The summed E-state index contributed by atoms with van der Waals surface area (Å²) in [5.74, 6) is -0.936. The lowest BCUT2D eigenvalue weighted by atomic mass is 10.1. The molecular weight excluding hydrogens is 253 g/mol. The van der Waals surface area contributed by atoms with Crippen molar-refractivity contribution in [3.63, 3.8) is 0 Å². The van der Waals surface area contributed by atoms with E-state index in [1.54, 1.807) is 30.3 Å². The fourth-order valence-electron chi connectivity index (χ4n) is 1.24. The lowest BCUT2D eigenvalue weighted by molar-refractivity contribution is -0.145. The molecule has 0 amide bonds. The number of hydrogen-bond acceptors (Lipinski definition) is 3. The van der Waals surface area contributed by atoms with Crippen LogP contribution in [0.5, 0.6) is 0 Å². The van der Waals surface area contributed by atoms with Gasteiger partial charge in [0.25, 0.3) is 0 Å². The number of alkyl halides is 3. The maximum absolute atomic E-state index is 12.1. The van der Waals surface area contributed by atoms with E-state index >= 15 is 0 Å². The molecule has 1 aromatic rings. The Morgan fingerprint density at radius 2 is 1.94 bits per heavy atom. The third-order valence-corrected chi connectivity index (χ3v) is 2.67. The van der Waals surface area contributed by atoms with E-state index in [-0.39, 0.29) is 17.5 Å². The first kappa shape index (κ1) is 13.9. The van der Waals surface area contributed by atoms with Gasteiger partial charge in [-0.25, -0.2) is 0 Å². The highest BCUT2D eigenvalue weighted by Gasteiger charge is 2.30. The fourth-order valence-corrected chi connectivity index (χ4v) is 1.84. The van der Waals surface area contributed by atoms with Crippen LogP contribution in [-0.4, -0.2) is 17.2 Å². The second-order valence-corrected chi connectivity index (χ2v) is 4.35. The van der Waals surface area contributed by atoms with E-state index in [0.717, 1.165) is 0 Å². The van der Waals surface area contributed by atoms with E-state index < -0.39 is 17.6 Å². The molecule has 2 nitrogen and oxygen atoms in total. The average molecular weight is 264 g/mol.